The van der Waals surface area contributed by atoms with E-state index in [1.807, 2.05) is 115 Å². The highest BCUT2D eigenvalue weighted by atomic mass is 32.2. The fourth-order valence-electron chi connectivity index (χ4n) is 9.29. The molecule has 0 N–H and O–H groups in total. The van der Waals surface area contributed by atoms with Crippen molar-refractivity contribution in [3.05, 3.63) is 212 Å². The first-order valence-electron chi connectivity index (χ1n) is 21.9. The van der Waals surface area contributed by atoms with Crippen molar-refractivity contribution in [3.8, 4) is 57.0 Å². The number of benzene rings is 9. The maximum absolute atomic E-state index is 6.28. The summed E-state index contributed by atoms with van der Waals surface area (Å²) < 4.78 is 11.1. The van der Waals surface area contributed by atoms with Crippen LogP contribution in [0.3, 0.4) is 0 Å². The third-order valence-electron chi connectivity index (χ3n) is 12.4. The maximum atomic E-state index is 6.28. The maximum Gasteiger partial charge on any atom is 0.164 e. The van der Waals surface area contributed by atoms with E-state index in [1.54, 1.807) is 0 Å². The Morgan fingerprint density at radius 2 is 0.818 bits per heavy atom. The molecule has 4 heterocycles. The number of hydrogen-bond acceptors (Lipinski definition) is 6. The zero-order chi connectivity index (χ0) is 43.7. The topological polar surface area (TPSA) is 57.8 Å². The van der Waals surface area contributed by atoms with Gasteiger partial charge in [-0.05, 0) is 91.3 Å². The highest BCUT2D eigenvalue weighted by Gasteiger charge is 2.25. The molecule has 3 aromatic heterocycles. The van der Waals surface area contributed by atoms with Crippen molar-refractivity contribution in [3.63, 3.8) is 0 Å². The molecule has 9 aromatic carbocycles. The van der Waals surface area contributed by atoms with Gasteiger partial charge in [0.15, 0.2) is 17.5 Å². The third-order valence-corrected chi connectivity index (χ3v) is 14.9. The van der Waals surface area contributed by atoms with Gasteiger partial charge in [-0.3, -0.25) is 0 Å². The largest absolute Gasteiger partial charge is 0.457 e. The van der Waals surface area contributed by atoms with E-state index in [2.05, 4.69) is 131 Å². The Labute approximate surface area is 389 Å². The number of aromatic nitrogens is 5. The molecule has 12 aromatic rings. The molecular weight excluding hydrogens is 847 g/mol. The standard InChI is InChI=1S/C58H37N5OS2/c1-36-30-41(28-29-51(36)64-42-22-9-4-10-23-42)63-48-27-14-12-25-44(48)46-33-53-55(35-50(46)63)66-52-32-45-43-24-11-13-26-47(43)62(49(45)34-54(52)65-53)40-21-15-20-39(31-40)58-60-56(37-16-5-2-6-17-37)59-57(61-58)38-18-7-3-8-19-38/h2-35H,1H3. The molecule has 1 aliphatic rings. The van der Waals surface area contributed by atoms with Crippen LogP contribution in [0.1, 0.15) is 5.56 Å². The van der Waals surface area contributed by atoms with Gasteiger partial charge in [-0.15, -0.1) is 0 Å². The highest BCUT2D eigenvalue weighted by molar-refractivity contribution is 8.05. The molecule has 0 radical (unpaired) electrons. The van der Waals surface area contributed by atoms with Gasteiger partial charge in [0, 0.05) is 69.2 Å². The quantitative estimate of drug-likeness (QED) is 0.159. The summed E-state index contributed by atoms with van der Waals surface area (Å²) in [5.41, 5.74) is 10.7. The third kappa shape index (κ3) is 6.56. The molecule has 66 heavy (non-hydrogen) atoms. The highest BCUT2D eigenvalue weighted by Crippen LogP contribution is 2.53. The number of fused-ring (bicyclic) bond motifs is 8. The van der Waals surface area contributed by atoms with Gasteiger partial charge < -0.3 is 13.9 Å². The minimum absolute atomic E-state index is 0.628. The Kier molecular flexibility index (Phi) is 9.15. The molecule has 8 heteroatoms. The summed E-state index contributed by atoms with van der Waals surface area (Å²) in [6.07, 6.45) is 0. The van der Waals surface area contributed by atoms with Gasteiger partial charge in [-0.1, -0.05) is 151 Å². The van der Waals surface area contributed by atoms with Gasteiger partial charge in [0.1, 0.15) is 11.5 Å². The summed E-state index contributed by atoms with van der Waals surface area (Å²) in [7, 11) is 0. The number of aryl methyl sites for hydroxylation is 1. The van der Waals surface area contributed by atoms with Gasteiger partial charge in [0.25, 0.3) is 0 Å². The second-order valence-corrected chi connectivity index (χ2v) is 18.7. The second kappa shape index (κ2) is 15.7. The van der Waals surface area contributed by atoms with Crippen LogP contribution in [0.5, 0.6) is 11.5 Å². The molecular formula is C58H37N5OS2. The molecule has 1 aliphatic heterocycles. The minimum Gasteiger partial charge on any atom is -0.457 e. The first kappa shape index (κ1) is 38.5. The summed E-state index contributed by atoms with van der Waals surface area (Å²) in [5.74, 6) is 3.59. The van der Waals surface area contributed by atoms with E-state index in [9.17, 15) is 0 Å². The lowest BCUT2D eigenvalue weighted by molar-refractivity contribution is 0.479. The van der Waals surface area contributed by atoms with Gasteiger partial charge in [0.05, 0.1) is 22.1 Å². The molecule has 13 rings (SSSR count). The van der Waals surface area contributed by atoms with E-state index in [-0.39, 0.29) is 0 Å². The van der Waals surface area contributed by atoms with Gasteiger partial charge in [-0.25, -0.2) is 15.0 Å². The second-order valence-electron chi connectivity index (χ2n) is 16.5. The molecule has 0 aliphatic carbocycles. The van der Waals surface area contributed by atoms with Crippen molar-refractivity contribution < 1.29 is 4.74 Å². The summed E-state index contributed by atoms with van der Waals surface area (Å²) in [4.78, 5) is 20.1. The zero-order valence-corrected chi connectivity index (χ0v) is 37.2. The molecule has 0 atom stereocenters. The zero-order valence-electron chi connectivity index (χ0n) is 35.6. The Hall–Kier alpha value is -7.91. The van der Waals surface area contributed by atoms with Crippen LogP contribution in [0.15, 0.2) is 226 Å². The first-order valence-corrected chi connectivity index (χ1v) is 23.5. The predicted octanol–water partition coefficient (Wildman–Crippen LogP) is 15.8. The number of para-hydroxylation sites is 3. The van der Waals surface area contributed by atoms with E-state index < -0.39 is 0 Å². The summed E-state index contributed by atoms with van der Waals surface area (Å²) in [6.45, 7) is 2.12. The van der Waals surface area contributed by atoms with E-state index in [4.69, 9.17) is 19.7 Å². The lowest BCUT2D eigenvalue weighted by atomic mass is 10.1. The van der Waals surface area contributed by atoms with Crippen molar-refractivity contribution >= 4 is 67.1 Å². The van der Waals surface area contributed by atoms with Crippen LogP contribution in [-0.4, -0.2) is 24.1 Å². The monoisotopic (exact) mass is 883 g/mol. The average Bonchev–Trinajstić information content (AvgIpc) is 3.87. The van der Waals surface area contributed by atoms with Crippen LogP contribution >= 0.6 is 23.5 Å². The van der Waals surface area contributed by atoms with Gasteiger partial charge in [0.2, 0.25) is 0 Å². The molecule has 0 spiro atoms. The fourth-order valence-corrected chi connectivity index (χ4v) is 11.6. The fraction of sp³-hybridized carbons (Fsp3) is 0.0172. The van der Waals surface area contributed by atoms with E-state index in [0.717, 1.165) is 56.2 Å². The van der Waals surface area contributed by atoms with Crippen molar-refractivity contribution in [2.24, 2.45) is 0 Å². The lowest BCUT2D eigenvalue weighted by Crippen LogP contribution is -2.01. The van der Waals surface area contributed by atoms with Crippen LogP contribution in [0.2, 0.25) is 0 Å². The Morgan fingerprint density at radius 3 is 1.36 bits per heavy atom. The van der Waals surface area contributed by atoms with Crippen LogP contribution in [0, 0.1) is 6.92 Å². The van der Waals surface area contributed by atoms with Crippen LogP contribution in [0.4, 0.5) is 0 Å². The smallest absolute Gasteiger partial charge is 0.164 e. The van der Waals surface area contributed by atoms with E-state index >= 15 is 0 Å². The normalized spacial score (nSPS) is 12.2. The molecule has 0 saturated carbocycles. The molecule has 0 bridgehead atoms. The summed E-state index contributed by atoms with van der Waals surface area (Å²) in [6, 6.07) is 72.3. The van der Waals surface area contributed by atoms with Gasteiger partial charge in [-0.2, -0.15) is 0 Å². The van der Waals surface area contributed by atoms with Crippen molar-refractivity contribution in [1.29, 1.82) is 0 Å². The number of hydrogen-bond donors (Lipinski definition) is 0. The van der Waals surface area contributed by atoms with Crippen molar-refractivity contribution in [2.45, 2.75) is 26.5 Å². The molecule has 0 saturated heterocycles. The Bertz CT molecular complexity index is 3810. The van der Waals surface area contributed by atoms with Crippen LogP contribution in [-0.2, 0) is 0 Å². The average molecular weight is 884 g/mol. The summed E-state index contributed by atoms with van der Waals surface area (Å²) >= 11 is 3.72. The lowest BCUT2D eigenvalue weighted by Gasteiger charge is -2.20. The van der Waals surface area contributed by atoms with Gasteiger partial charge >= 0.3 is 0 Å². The number of ether oxygens (including phenoxy) is 1. The van der Waals surface area contributed by atoms with Crippen LogP contribution < -0.4 is 4.74 Å². The Morgan fingerprint density at radius 1 is 0.364 bits per heavy atom. The first-order chi connectivity index (χ1) is 32.6. The SMILES string of the molecule is Cc1cc(-n2c3ccccc3c3cc4c(cc32)Sc2cc3c5ccccc5n(-c5cccc(-c6nc(-c7ccccc7)nc(-c7ccccc7)n6)c5)c3cc2S4)ccc1Oc1ccccc1. The molecule has 0 amide bonds. The molecule has 0 unspecified atom stereocenters. The summed E-state index contributed by atoms with van der Waals surface area (Å²) in [5, 5.41) is 4.89. The predicted molar refractivity (Wildman–Crippen MR) is 271 cm³/mol. The molecule has 0 fully saturated rings. The number of nitrogens with zero attached hydrogens (tertiary/aromatic N) is 5. The minimum atomic E-state index is 0.628. The van der Waals surface area contributed by atoms with E-state index in [1.165, 1.54) is 52.2 Å². The van der Waals surface area contributed by atoms with Crippen molar-refractivity contribution in [2.75, 3.05) is 0 Å². The van der Waals surface area contributed by atoms with Crippen LogP contribution in [0.25, 0.3) is 89.2 Å². The molecule has 312 valence electrons. The number of rotatable bonds is 7. The Balaban J connectivity index is 0.912. The van der Waals surface area contributed by atoms with E-state index in [0.29, 0.717) is 17.5 Å². The molecule has 6 nitrogen and oxygen atoms in total. The van der Waals surface area contributed by atoms with Crippen molar-refractivity contribution in [1.82, 2.24) is 24.1 Å².